The first-order valence-electron chi connectivity index (χ1n) is 8.49. The molecule has 0 saturated carbocycles. The van der Waals surface area contributed by atoms with Crippen LogP contribution in [0.4, 0.5) is 0 Å². The molecule has 2 heteroatoms. The zero-order valence-electron chi connectivity index (χ0n) is 13.4. The van der Waals surface area contributed by atoms with Crippen molar-refractivity contribution in [1.29, 1.82) is 0 Å². The molecule has 0 fully saturated rings. The molecule has 0 rings (SSSR count). The molecule has 2 nitrogen and oxygen atoms in total. The van der Waals surface area contributed by atoms with Crippen LogP contribution in [0.15, 0.2) is 24.3 Å². The molecule has 0 bridgehead atoms. The highest BCUT2D eigenvalue weighted by atomic mass is 16.3. The van der Waals surface area contributed by atoms with E-state index in [1.165, 1.54) is 64.2 Å². The molecule has 0 saturated heterocycles. The Morgan fingerprint density at radius 1 is 0.800 bits per heavy atom. The first-order valence-corrected chi connectivity index (χ1v) is 8.49. The van der Waals surface area contributed by atoms with Crippen molar-refractivity contribution in [3.05, 3.63) is 24.3 Å². The number of aliphatic hydroxyl groups is 1. The zero-order chi connectivity index (χ0) is 14.9. The molecular weight excluding hydrogens is 246 g/mol. The number of unbranched alkanes of at least 4 members (excludes halogenated alkanes) is 9. The highest BCUT2D eigenvalue weighted by Crippen LogP contribution is 2.08. The standard InChI is InChI=1S/C18H35NO/c1-2-3-4-5-6-7-8-9-10-11-12-13-14-15-16-18(19)17-20/h9-10,15-16,18,20H,2-8,11-14,17,19H2,1H3/b10-9-,16-15-/t18-/m1/s1. The van der Waals surface area contributed by atoms with Gasteiger partial charge in [0.1, 0.15) is 0 Å². The number of aliphatic hydroxyl groups excluding tert-OH is 1. The lowest BCUT2D eigenvalue weighted by molar-refractivity contribution is 0.284. The van der Waals surface area contributed by atoms with Gasteiger partial charge in [0.05, 0.1) is 6.61 Å². The molecule has 0 aliphatic carbocycles. The molecule has 0 aliphatic heterocycles. The van der Waals surface area contributed by atoms with Crippen LogP contribution in [0.3, 0.4) is 0 Å². The monoisotopic (exact) mass is 281 g/mol. The van der Waals surface area contributed by atoms with E-state index in [0.29, 0.717) is 0 Å². The maximum atomic E-state index is 8.75. The second-order valence-electron chi connectivity index (χ2n) is 5.59. The van der Waals surface area contributed by atoms with Crippen molar-refractivity contribution < 1.29 is 5.11 Å². The van der Waals surface area contributed by atoms with E-state index in [9.17, 15) is 0 Å². The summed E-state index contributed by atoms with van der Waals surface area (Å²) < 4.78 is 0. The molecule has 118 valence electrons. The van der Waals surface area contributed by atoms with Crippen molar-refractivity contribution in [3.63, 3.8) is 0 Å². The van der Waals surface area contributed by atoms with Gasteiger partial charge in [-0.3, -0.25) is 0 Å². The average Bonchev–Trinajstić information content (AvgIpc) is 2.47. The van der Waals surface area contributed by atoms with Gasteiger partial charge in [-0.05, 0) is 38.5 Å². The fraction of sp³-hybridized carbons (Fsp3) is 0.778. The van der Waals surface area contributed by atoms with Gasteiger partial charge in [-0.1, -0.05) is 63.3 Å². The van der Waals surface area contributed by atoms with Crippen LogP contribution >= 0.6 is 0 Å². The highest BCUT2D eigenvalue weighted by Gasteiger charge is 1.91. The Balaban J connectivity index is 3.18. The smallest absolute Gasteiger partial charge is 0.0618 e. The predicted molar refractivity (Wildman–Crippen MR) is 89.8 cm³/mol. The van der Waals surface area contributed by atoms with Crippen molar-refractivity contribution in [2.24, 2.45) is 5.73 Å². The van der Waals surface area contributed by atoms with Crippen molar-refractivity contribution in [2.75, 3.05) is 6.61 Å². The summed E-state index contributed by atoms with van der Waals surface area (Å²) in [6.45, 7) is 2.30. The van der Waals surface area contributed by atoms with Gasteiger partial charge >= 0.3 is 0 Å². The first-order chi connectivity index (χ1) is 9.81. The third kappa shape index (κ3) is 15.5. The van der Waals surface area contributed by atoms with Crippen LogP contribution in [0.1, 0.15) is 77.6 Å². The van der Waals surface area contributed by atoms with Crippen LogP contribution in [-0.2, 0) is 0 Å². The van der Waals surface area contributed by atoms with Crippen LogP contribution < -0.4 is 5.73 Å². The SMILES string of the molecule is CCCCCCCC/C=C\CCCC/C=C\[C@@H](N)CO. The summed E-state index contributed by atoms with van der Waals surface area (Å²) in [6.07, 6.45) is 22.9. The largest absolute Gasteiger partial charge is 0.394 e. The summed E-state index contributed by atoms with van der Waals surface area (Å²) in [5.74, 6) is 0. The Hall–Kier alpha value is -0.600. The lowest BCUT2D eigenvalue weighted by Crippen LogP contribution is -2.20. The molecule has 0 heterocycles. The summed E-state index contributed by atoms with van der Waals surface area (Å²) in [7, 11) is 0. The second-order valence-corrected chi connectivity index (χ2v) is 5.59. The summed E-state index contributed by atoms with van der Waals surface area (Å²) in [4.78, 5) is 0. The normalized spacial score (nSPS) is 13.6. The third-order valence-corrected chi connectivity index (χ3v) is 3.48. The van der Waals surface area contributed by atoms with Crippen molar-refractivity contribution in [3.8, 4) is 0 Å². The predicted octanol–water partition coefficient (Wildman–Crippen LogP) is 4.73. The summed E-state index contributed by atoms with van der Waals surface area (Å²) in [5.41, 5.74) is 5.57. The molecule has 0 amide bonds. The van der Waals surface area contributed by atoms with E-state index in [0.717, 1.165) is 6.42 Å². The van der Waals surface area contributed by atoms with E-state index < -0.39 is 0 Å². The van der Waals surface area contributed by atoms with E-state index in [2.05, 4.69) is 25.2 Å². The minimum atomic E-state index is -0.188. The third-order valence-electron chi connectivity index (χ3n) is 3.48. The van der Waals surface area contributed by atoms with E-state index in [1.807, 2.05) is 6.08 Å². The molecule has 20 heavy (non-hydrogen) atoms. The minimum absolute atomic E-state index is 0.0394. The Morgan fingerprint density at radius 3 is 1.90 bits per heavy atom. The van der Waals surface area contributed by atoms with E-state index in [1.54, 1.807) is 0 Å². The Bertz CT molecular complexity index is 236. The van der Waals surface area contributed by atoms with E-state index >= 15 is 0 Å². The average molecular weight is 281 g/mol. The molecule has 1 atom stereocenters. The van der Waals surface area contributed by atoms with Crippen molar-refractivity contribution in [1.82, 2.24) is 0 Å². The number of hydrogen-bond donors (Lipinski definition) is 2. The Labute approximate surface area is 126 Å². The highest BCUT2D eigenvalue weighted by molar-refractivity contribution is 4.91. The second kappa shape index (κ2) is 16.5. The minimum Gasteiger partial charge on any atom is -0.394 e. The van der Waals surface area contributed by atoms with Crippen molar-refractivity contribution in [2.45, 2.75) is 83.6 Å². The molecule has 3 N–H and O–H groups in total. The van der Waals surface area contributed by atoms with Crippen LogP contribution in [0, 0.1) is 0 Å². The molecular formula is C18H35NO. The van der Waals surface area contributed by atoms with Gasteiger partial charge in [0.25, 0.3) is 0 Å². The van der Waals surface area contributed by atoms with Gasteiger partial charge in [-0.25, -0.2) is 0 Å². The van der Waals surface area contributed by atoms with Crippen LogP contribution in [-0.4, -0.2) is 17.8 Å². The van der Waals surface area contributed by atoms with Gasteiger partial charge < -0.3 is 10.8 Å². The molecule has 0 aliphatic rings. The van der Waals surface area contributed by atoms with Crippen molar-refractivity contribution >= 4 is 0 Å². The maximum absolute atomic E-state index is 8.75. The number of nitrogens with two attached hydrogens (primary N) is 1. The van der Waals surface area contributed by atoms with Gasteiger partial charge in [-0.2, -0.15) is 0 Å². The number of allylic oxidation sites excluding steroid dienone is 3. The molecule has 0 unspecified atom stereocenters. The Kier molecular flexibility index (Phi) is 16.0. The number of hydrogen-bond acceptors (Lipinski definition) is 2. The van der Waals surface area contributed by atoms with Gasteiger partial charge in [0.2, 0.25) is 0 Å². The lowest BCUT2D eigenvalue weighted by atomic mass is 10.1. The number of rotatable bonds is 14. The fourth-order valence-corrected chi connectivity index (χ4v) is 2.13. The zero-order valence-corrected chi connectivity index (χ0v) is 13.4. The molecule has 0 radical (unpaired) electrons. The van der Waals surface area contributed by atoms with E-state index in [-0.39, 0.29) is 12.6 Å². The van der Waals surface area contributed by atoms with Gasteiger partial charge in [-0.15, -0.1) is 0 Å². The van der Waals surface area contributed by atoms with E-state index in [4.69, 9.17) is 10.8 Å². The summed E-state index contributed by atoms with van der Waals surface area (Å²) in [5, 5.41) is 8.75. The van der Waals surface area contributed by atoms with Gasteiger partial charge in [0.15, 0.2) is 0 Å². The summed E-state index contributed by atoms with van der Waals surface area (Å²) in [6, 6.07) is -0.188. The van der Waals surface area contributed by atoms with Crippen LogP contribution in [0.5, 0.6) is 0 Å². The van der Waals surface area contributed by atoms with Crippen LogP contribution in [0.25, 0.3) is 0 Å². The first kappa shape index (κ1) is 19.4. The van der Waals surface area contributed by atoms with Gasteiger partial charge in [0, 0.05) is 6.04 Å². The molecule has 0 aromatic rings. The Morgan fingerprint density at radius 2 is 1.30 bits per heavy atom. The lowest BCUT2D eigenvalue weighted by Gasteiger charge is -1.99. The molecule has 0 spiro atoms. The maximum Gasteiger partial charge on any atom is 0.0618 e. The topological polar surface area (TPSA) is 46.2 Å². The molecule has 0 aromatic heterocycles. The van der Waals surface area contributed by atoms with Crippen LogP contribution in [0.2, 0.25) is 0 Å². The summed E-state index contributed by atoms with van der Waals surface area (Å²) >= 11 is 0. The fourth-order valence-electron chi connectivity index (χ4n) is 2.13. The molecule has 0 aromatic carbocycles. The quantitative estimate of drug-likeness (QED) is 0.357.